The van der Waals surface area contributed by atoms with Crippen LogP contribution < -0.4 is 0 Å². The van der Waals surface area contributed by atoms with Gasteiger partial charge in [0, 0.05) is 4.88 Å². The van der Waals surface area contributed by atoms with E-state index in [1.807, 2.05) is 6.07 Å². The second kappa shape index (κ2) is 5.56. The van der Waals surface area contributed by atoms with Crippen molar-refractivity contribution < 1.29 is 0 Å². The van der Waals surface area contributed by atoms with Crippen LogP contribution in [0.25, 0.3) is 0 Å². The SMILES string of the molecule is Clc1ccc(C(Cl)C2CCCCCC2)s1. The van der Waals surface area contributed by atoms with Crippen LogP contribution in [0, 0.1) is 5.92 Å². The average molecular weight is 263 g/mol. The molecule has 0 aromatic carbocycles. The molecule has 1 aromatic heterocycles. The average Bonchev–Trinajstić information content (AvgIpc) is 2.53. The third-order valence-corrected chi connectivity index (χ3v) is 5.21. The highest BCUT2D eigenvalue weighted by Crippen LogP contribution is 2.41. The van der Waals surface area contributed by atoms with E-state index in [9.17, 15) is 0 Å². The molecule has 1 aliphatic rings. The van der Waals surface area contributed by atoms with Crippen molar-refractivity contribution in [2.45, 2.75) is 43.9 Å². The molecule has 0 aliphatic heterocycles. The van der Waals surface area contributed by atoms with Gasteiger partial charge in [-0.15, -0.1) is 22.9 Å². The zero-order chi connectivity index (χ0) is 10.7. The maximum Gasteiger partial charge on any atom is 0.0931 e. The van der Waals surface area contributed by atoms with Gasteiger partial charge in [-0.3, -0.25) is 0 Å². The minimum Gasteiger partial charge on any atom is -0.127 e. The van der Waals surface area contributed by atoms with Crippen LogP contribution in [-0.4, -0.2) is 0 Å². The fraction of sp³-hybridized carbons (Fsp3) is 0.667. The molecule has 1 aromatic rings. The van der Waals surface area contributed by atoms with Crippen LogP contribution in [0.15, 0.2) is 12.1 Å². The van der Waals surface area contributed by atoms with E-state index in [1.165, 1.54) is 43.4 Å². The van der Waals surface area contributed by atoms with Crippen LogP contribution in [0.1, 0.15) is 48.8 Å². The van der Waals surface area contributed by atoms with Gasteiger partial charge >= 0.3 is 0 Å². The third-order valence-electron chi connectivity index (χ3n) is 3.18. The van der Waals surface area contributed by atoms with E-state index >= 15 is 0 Å². The van der Waals surface area contributed by atoms with Crippen molar-refractivity contribution in [3.05, 3.63) is 21.3 Å². The Kier molecular flexibility index (Phi) is 4.36. The molecule has 84 valence electrons. The summed E-state index contributed by atoms with van der Waals surface area (Å²) in [5.41, 5.74) is 0. The molecule has 2 rings (SSSR count). The molecule has 0 spiro atoms. The first kappa shape index (κ1) is 11.8. The standard InChI is InChI=1S/C12H16Cl2S/c13-11-8-7-10(15-11)12(14)9-5-3-1-2-4-6-9/h7-9,12H,1-6H2. The lowest BCUT2D eigenvalue weighted by atomic mass is 9.95. The number of halogens is 2. The zero-order valence-corrected chi connectivity index (χ0v) is 11.0. The van der Waals surface area contributed by atoms with E-state index in [0.29, 0.717) is 5.92 Å². The van der Waals surface area contributed by atoms with Crippen LogP contribution in [0.5, 0.6) is 0 Å². The predicted molar refractivity (Wildman–Crippen MR) is 69.1 cm³/mol. The van der Waals surface area contributed by atoms with Gasteiger partial charge in [0.2, 0.25) is 0 Å². The lowest BCUT2D eigenvalue weighted by Gasteiger charge is -2.19. The van der Waals surface area contributed by atoms with Crippen molar-refractivity contribution in [2.24, 2.45) is 5.92 Å². The first-order valence-corrected chi connectivity index (χ1v) is 7.30. The molecule has 3 heteroatoms. The quantitative estimate of drug-likeness (QED) is 0.477. The molecule has 1 heterocycles. The monoisotopic (exact) mass is 262 g/mol. The van der Waals surface area contributed by atoms with Gasteiger partial charge in [-0.05, 0) is 30.9 Å². The Morgan fingerprint density at radius 3 is 2.33 bits per heavy atom. The van der Waals surface area contributed by atoms with E-state index in [2.05, 4.69) is 6.07 Å². The first-order valence-electron chi connectivity index (χ1n) is 5.66. The minimum absolute atomic E-state index is 0.181. The highest BCUT2D eigenvalue weighted by molar-refractivity contribution is 7.16. The molecular weight excluding hydrogens is 247 g/mol. The molecule has 1 saturated carbocycles. The van der Waals surface area contributed by atoms with Crippen LogP contribution >= 0.6 is 34.5 Å². The van der Waals surface area contributed by atoms with Crippen molar-refractivity contribution in [3.8, 4) is 0 Å². The molecule has 0 nitrogen and oxygen atoms in total. The number of hydrogen-bond acceptors (Lipinski definition) is 1. The summed E-state index contributed by atoms with van der Waals surface area (Å²) in [6.45, 7) is 0. The number of hydrogen-bond donors (Lipinski definition) is 0. The topological polar surface area (TPSA) is 0 Å². The fourth-order valence-corrected chi connectivity index (χ4v) is 3.90. The molecule has 0 saturated heterocycles. The summed E-state index contributed by atoms with van der Waals surface area (Å²) in [7, 11) is 0. The van der Waals surface area contributed by atoms with Gasteiger partial charge in [0.1, 0.15) is 0 Å². The molecule has 1 unspecified atom stereocenters. The van der Waals surface area contributed by atoms with E-state index in [1.54, 1.807) is 11.3 Å². The van der Waals surface area contributed by atoms with Crippen molar-refractivity contribution in [2.75, 3.05) is 0 Å². The molecule has 0 radical (unpaired) electrons. The van der Waals surface area contributed by atoms with E-state index < -0.39 is 0 Å². The molecule has 0 amide bonds. The summed E-state index contributed by atoms with van der Waals surface area (Å²) >= 11 is 14.1. The molecular formula is C12H16Cl2S. The summed E-state index contributed by atoms with van der Waals surface area (Å²) in [5, 5.41) is 0.181. The van der Waals surface area contributed by atoms with Crippen LogP contribution in [0.2, 0.25) is 4.34 Å². The molecule has 0 N–H and O–H groups in total. The predicted octanol–water partition coefficient (Wildman–Crippen LogP) is 5.65. The summed E-state index contributed by atoms with van der Waals surface area (Å²) in [5.74, 6) is 0.656. The Balaban J connectivity index is 2.02. The molecule has 1 atom stereocenters. The maximum atomic E-state index is 6.52. The summed E-state index contributed by atoms with van der Waals surface area (Å²) in [6.07, 6.45) is 8.00. The number of thiophene rings is 1. The molecule has 0 bridgehead atoms. The smallest absolute Gasteiger partial charge is 0.0931 e. The van der Waals surface area contributed by atoms with Gasteiger partial charge in [-0.25, -0.2) is 0 Å². The summed E-state index contributed by atoms with van der Waals surface area (Å²) in [4.78, 5) is 1.24. The van der Waals surface area contributed by atoms with Gasteiger partial charge in [-0.2, -0.15) is 0 Å². The summed E-state index contributed by atoms with van der Waals surface area (Å²) in [6, 6.07) is 4.03. The van der Waals surface area contributed by atoms with Crippen molar-refractivity contribution >= 4 is 34.5 Å². The normalized spacial score (nSPS) is 21.2. The van der Waals surface area contributed by atoms with Crippen molar-refractivity contribution in [3.63, 3.8) is 0 Å². The second-order valence-corrected chi connectivity index (χ2v) is 6.51. The third kappa shape index (κ3) is 3.12. The van der Waals surface area contributed by atoms with Gasteiger partial charge in [0.25, 0.3) is 0 Å². The maximum absolute atomic E-state index is 6.52. The van der Waals surface area contributed by atoms with Crippen molar-refractivity contribution in [1.29, 1.82) is 0 Å². The number of alkyl halides is 1. The first-order chi connectivity index (χ1) is 7.27. The van der Waals surface area contributed by atoms with Gasteiger partial charge in [0.05, 0.1) is 9.71 Å². The largest absolute Gasteiger partial charge is 0.127 e. The highest BCUT2D eigenvalue weighted by atomic mass is 35.5. The summed E-state index contributed by atoms with van der Waals surface area (Å²) < 4.78 is 0.851. The van der Waals surface area contributed by atoms with Gasteiger partial charge < -0.3 is 0 Å². The Bertz CT molecular complexity index is 300. The van der Waals surface area contributed by atoms with E-state index in [0.717, 1.165) is 4.34 Å². The van der Waals surface area contributed by atoms with E-state index in [-0.39, 0.29) is 5.38 Å². The Hall–Kier alpha value is 0.280. The Labute approximate surface area is 106 Å². The zero-order valence-electron chi connectivity index (χ0n) is 8.72. The van der Waals surface area contributed by atoms with Crippen LogP contribution in [-0.2, 0) is 0 Å². The number of rotatable bonds is 2. The lowest BCUT2D eigenvalue weighted by molar-refractivity contribution is 0.448. The molecule has 15 heavy (non-hydrogen) atoms. The van der Waals surface area contributed by atoms with Crippen molar-refractivity contribution in [1.82, 2.24) is 0 Å². The van der Waals surface area contributed by atoms with Crippen LogP contribution in [0.4, 0.5) is 0 Å². The lowest BCUT2D eigenvalue weighted by Crippen LogP contribution is -2.05. The fourth-order valence-electron chi connectivity index (χ4n) is 2.31. The highest BCUT2D eigenvalue weighted by Gasteiger charge is 2.23. The Morgan fingerprint density at radius 1 is 1.13 bits per heavy atom. The minimum atomic E-state index is 0.181. The van der Waals surface area contributed by atoms with E-state index in [4.69, 9.17) is 23.2 Å². The second-order valence-electron chi connectivity index (χ2n) is 4.30. The molecule has 1 aliphatic carbocycles. The van der Waals surface area contributed by atoms with Gasteiger partial charge in [0.15, 0.2) is 0 Å². The van der Waals surface area contributed by atoms with Gasteiger partial charge in [-0.1, -0.05) is 37.3 Å². The van der Waals surface area contributed by atoms with Crippen LogP contribution in [0.3, 0.4) is 0 Å². The molecule has 1 fully saturated rings. The Morgan fingerprint density at radius 2 is 1.80 bits per heavy atom.